The Morgan fingerprint density at radius 1 is 1.40 bits per heavy atom. The van der Waals surface area contributed by atoms with Crippen LogP contribution in [0.5, 0.6) is 0 Å². The quantitative estimate of drug-likeness (QED) is 0.822. The first-order valence-electron chi connectivity index (χ1n) is 5.65. The Balaban J connectivity index is 2.82. The summed E-state index contributed by atoms with van der Waals surface area (Å²) < 4.78 is 0. The van der Waals surface area contributed by atoms with Crippen LogP contribution in [0, 0.1) is 5.41 Å². The number of nitrogens with zero attached hydrogens (tertiary/aromatic N) is 1. The van der Waals surface area contributed by atoms with E-state index in [2.05, 4.69) is 38.7 Å². The van der Waals surface area contributed by atoms with Gasteiger partial charge in [0.05, 0.1) is 0 Å². The van der Waals surface area contributed by atoms with Gasteiger partial charge in [0.25, 0.3) is 0 Å². The van der Waals surface area contributed by atoms with Crippen molar-refractivity contribution in [2.75, 3.05) is 0 Å². The van der Waals surface area contributed by atoms with E-state index in [1.807, 2.05) is 18.3 Å². The van der Waals surface area contributed by atoms with Crippen LogP contribution < -0.4 is 5.73 Å². The zero-order chi connectivity index (χ0) is 11.5. The lowest BCUT2D eigenvalue weighted by molar-refractivity contribution is 0.246. The fourth-order valence-corrected chi connectivity index (χ4v) is 1.74. The number of nitrogens with two attached hydrogens (primary N) is 1. The summed E-state index contributed by atoms with van der Waals surface area (Å²) >= 11 is 0. The molecule has 2 heteroatoms. The molecule has 2 nitrogen and oxygen atoms in total. The summed E-state index contributed by atoms with van der Waals surface area (Å²) in [5, 5.41) is 0. The Bertz CT molecular complexity index is 293. The van der Waals surface area contributed by atoms with Crippen molar-refractivity contribution in [2.24, 2.45) is 11.1 Å². The Morgan fingerprint density at radius 3 is 2.53 bits per heavy atom. The van der Waals surface area contributed by atoms with Crippen LogP contribution in [0.25, 0.3) is 0 Å². The van der Waals surface area contributed by atoms with Crippen molar-refractivity contribution in [1.82, 2.24) is 4.98 Å². The van der Waals surface area contributed by atoms with Gasteiger partial charge in [-0.1, -0.05) is 33.8 Å². The van der Waals surface area contributed by atoms with Gasteiger partial charge in [-0.3, -0.25) is 4.98 Å². The molecule has 0 aromatic carbocycles. The molecule has 0 amide bonds. The first-order valence-corrected chi connectivity index (χ1v) is 5.65. The highest BCUT2D eigenvalue weighted by Gasteiger charge is 2.30. The molecule has 0 radical (unpaired) electrons. The number of hydrogen-bond acceptors (Lipinski definition) is 2. The van der Waals surface area contributed by atoms with Gasteiger partial charge in [0.2, 0.25) is 0 Å². The van der Waals surface area contributed by atoms with Crippen molar-refractivity contribution in [3.8, 4) is 0 Å². The van der Waals surface area contributed by atoms with Crippen molar-refractivity contribution in [1.29, 1.82) is 0 Å². The highest BCUT2D eigenvalue weighted by atomic mass is 14.7. The van der Waals surface area contributed by atoms with Crippen molar-refractivity contribution >= 4 is 0 Å². The van der Waals surface area contributed by atoms with E-state index in [1.165, 1.54) is 0 Å². The van der Waals surface area contributed by atoms with Crippen LogP contribution in [0.15, 0.2) is 24.4 Å². The second-order valence-corrected chi connectivity index (χ2v) is 4.91. The molecule has 2 unspecified atom stereocenters. The van der Waals surface area contributed by atoms with Crippen LogP contribution in [-0.2, 0) is 0 Å². The smallest absolute Gasteiger partial charge is 0.0447 e. The van der Waals surface area contributed by atoms with E-state index < -0.39 is 0 Å². The first-order chi connectivity index (χ1) is 6.99. The molecule has 0 fully saturated rings. The summed E-state index contributed by atoms with van der Waals surface area (Å²) in [4.78, 5) is 4.37. The second kappa shape index (κ2) is 4.75. The maximum atomic E-state index is 6.30. The maximum Gasteiger partial charge on any atom is 0.0447 e. The van der Waals surface area contributed by atoms with Crippen molar-refractivity contribution in [3.63, 3.8) is 0 Å². The Morgan fingerprint density at radius 2 is 2.07 bits per heavy atom. The monoisotopic (exact) mass is 206 g/mol. The van der Waals surface area contributed by atoms with Crippen LogP contribution in [0.2, 0.25) is 0 Å². The lowest BCUT2D eigenvalue weighted by Crippen LogP contribution is -2.41. The molecule has 0 saturated carbocycles. The molecule has 1 aromatic rings. The Kier molecular flexibility index (Phi) is 3.86. The topological polar surface area (TPSA) is 38.9 Å². The van der Waals surface area contributed by atoms with E-state index in [4.69, 9.17) is 5.73 Å². The Hall–Kier alpha value is -0.890. The lowest BCUT2D eigenvalue weighted by atomic mass is 9.75. The van der Waals surface area contributed by atoms with Crippen LogP contribution in [0.1, 0.15) is 45.7 Å². The predicted octanol–water partition coefficient (Wildman–Crippen LogP) is 2.95. The van der Waals surface area contributed by atoms with E-state index in [0.717, 1.165) is 12.1 Å². The molecule has 0 spiro atoms. The largest absolute Gasteiger partial charge is 0.327 e. The number of hydrogen-bond donors (Lipinski definition) is 1. The standard InChI is InChI=1S/C13H22N2/c1-5-13(3,4)12(14)10(2)11-8-6-7-9-15-11/h6-10,12H,5,14H2,1-4H3. The minimum Gasteiger partial charge on any atom is -0.327 e. The molecule has 84 valence electrons. The minimum atomic E-state index is 0.150. The summed E-state index contributed by atoms with van der Waals surface area (Å²) in [6, 6.07) is 6.16. The molecule has 2 N–H and O–H groups in total. The third-order valence-electron chi connectivity index (χ3n) is 3.51. The van der Waals surface area contributed by atoms with Crippen LogP contribution in [0.4, 0.5) is 0 Å². The summed E-state index contributed by atoms with van der Waals surface area (Å²) in [6.45, 7) is 8.78. The average molecular weight is 206 g/mol. The third-order valence-corrected chi connectivity index (χ3v) is 3.51. The summed E-state index contributed by atoms with van der Waals surface area (Å²) in [5.41, 5.74) is 7.55. The van der Waals surface area contributed by atoms with Gasteiger partial charge < -0.3 is 5.73 Å². The van der Waals surface area contributed by atoms with Gasteiger partial charge in [-0.15, -0.1) is 0 Å². The van der Waals surface area contributed by atoms with E-state index in [-0.39, 0.29) is 11.5 Å². The molecule has 1 aromatic heterocycles. The highest BCUT2D eigenvalue weighted by Crippen LogP contribution is 2.31. The van der Waals surface area contributed by atoms with Crippen LogP contribution in [0.3, 0.4) is 0 Å². The van der Waals surface area contributed by atoms with E-state index in [0.29, 0.717) is 5.92 Å². The van der Waals surface area contributed by atoms with Gasteiger partial charge in [0, 0.05) is 23.9 Å². The SMILES string of the molecule is CCC(C)(C)C(N)C(C)c1ccccn1. The van der Waals surface area contributed by atoms with E-state index in [9.17, 15) is 0 Å². The van der Waals surface area contributed by atoms with Crippen molar-refractivity contribution in [2.45, 2.75) is 46.1 Å². The molecule has 1 heterocycles. The number of pyridine rings is 1. The lowest BCUT2D eigenvalue weighted by Gasteiger charge is -2.34. The maximum absolute atomic E-state index is 6.30. The molecular weight excluding hydrogens is 184 g/mol. The third kappa shape index (κ3) is 2.78. The zero-order valence-electron chi connectivity index (χ0n) is 10.2. The van der Waals surface area contributed by atoms with Gasteiger partial charge in [-0.05, 0) is 24.0 Å². The van der Waals surface area contributed by atoms with Crippen LogP contribution in [-0.4, -0.2) is 11.0 Å². The zero-order valence-corrected chi connectivity index (χ0v) is 10.2. The molecule has 15 heavy (non-hydrogen) atoms. The average Bonchev–Trinajstić information content (AvgIpc) is 2.28. The number of rotatable bonds is 4. The number of aromatic nitrogens is 1. The molecular formula is C13H22N2. The van der Waals surface area contributed by atoms with Gasteiger partial charge >= 0.3 is 0 Å². The second-order valence-electron chi connectivity index (χ2n) is 4.91. The fourth-order valence-electron chi connectivity index (χ4n) is 1.74. The molecule has 0 aliphatic rings. The summed E-state index contributed by atoms with van der Waals surface area (Å²) in [7, 11) is 0. The summed E-state index contributed by atoms with van der Waals surface area (Å²) in [5.74, 6) is 0.307. The minimum absolute atomic E-state index is 0.150. The summed E-state index contributed by atoms with van der Waals surface area (Å²) in [6.07, 6.45) is 2.92. The van der Waals surface area contributed by atoms with E-state index >= 15 is 0 Å². The van der Waals surface area contributed by atoms with Crippen LogP contribution >= 0.6 is 0 Å². The molecule has 0 bridgehead atoms. The Labute approximate surface area is 92.9 Å². The van der Waals surface area contributed by atoms with Gasteiger partial charge in [-0.2, -0.15) is 0 Å². The molecule has 0 aliphatic carbocycles. The predicted molar refractivity (Wildman–Crippen MR) is 64.7 cm³/mol. The van der Waals surface area contributed by atoms with Gasteiger partial charge in [0.15, 0.2) is 0 Å². The highest BCUT2D eigenvalue weighted by molar-refractivity contribution is 5.12. The molecule has 0 aliphatic heterocycles. The van der Waals surface area contributed by atoms with Crippen molar-refractivity contribution in [3.05, 3.63) is 30.1 Å². The molecule has 0 saturated heterocycles. The normalized spacial score (nSPS) is 16.1. The van der Waals surface area contributed by atoms with Crippen molar-refractivity contribution < 1.29 is 0 Å². The van der Waals surface area contributed by atoms with Gasteiger partial charge in [0.1, 0.15) is 0 Å². The molecule has 1 rings (SSSR count). The molecule has 2 atom stereocenters. The van der Waals surface area contributed by atoms with Gasteiger partial charge in [-0.25, -0.2) is 0 Å². The fraction of sp³-hybridized carbons (Fsp3) is 0.615. The first kappa shape index (κ1) is 12.2. The van der Waals surface area contributed by atoms with E-state index in [1.54, 1.807) is 0 Å².